The van der Waals surface area contributed by atoms with Crippen LogP contribution in [0.1, 0.15) is 18.5 Å². The lowest BCUT2D eigenvalue weighted by molar-refractivity contribution is 0.847. The number of halogens is 1. The molecule has 0 saturated carbocycles. The van der Waals surface area contributed by atoms with E-state index >= 15 is 0 Å². The van der Waals surface area contributed by atoms with Crippen molar-refractivity contribution in [2.75, 3.05) is 29.7 Å². The van der Waals surface area contributed by atoms with Crippen LogP contribution in [0.15, 0.2) is 24.3 Å². The summed E-state index contributed by atoms with van der Waals surface area (Å²) in [5, 5.41) is 3.89. The molecule has 1 heterocycles. The van der Waals surface area contributed by atoms with E-state index < -0.39 is 0 Å². The van der Waals surface area contributed by atoms with Crippen molar-refractivity contribution in [1.29, 1.82) is 0 Å². The maximum Gasteiger partial charge on any atom is 0.243 e. The maximum atomic E-state index is 6.19. The second kappa shape index (κ2) is 6.55. The number of anilines is 3. The van der Waals surface area contributed by atoms with E-state index in [1.54, 1.807) is 4.90 Å². The Morgan fingerprint density at radius 2 is 1.81 bits per heavy atom. The molecule has 0 spiro atoms. The minimum Gasteiger partial charge on any atom is -0.347 e. The Hall–Kier alpha value is -2.12. The Kier molecular flexibility index (Phi) is 4.77. The number of aromatic nitrogens is 3. The summed E-state index contributed by atoms with van der Waals surface area (Å²) in [7, 11) is 3.69. The highest BCUT2D eigenvalue weighted by Crippen LogP contribution is 2.25. The first-order chi connectivity index (χ1) is 10.0. The predicted molar refractivity (Wildman–Crippen MR) is 85.5 cm³/mol. The largest absolute Gasteiger partial charge is 0.347 e. The van der Waals surface area contributed by atoms with E-state index in [0.29, 0.717) is 22.9 Å². The van der Waals surface area contributed by atoms with Crippen molar-refractivity contribution < 1.29 is 0 Å². The van der Waals surface area contributed by atoms with Gasteiger partial charge in [-0.25, -0.2) is 5.84 Å². The first kappa shape index (κ1) is 15.3. The van der Waals surface area contributed by atoms with E-state index in [1.807, 2.05) is 45.3 Å². The average Bonchev–Trinajstić information content (AvgIpc) is 2.47. The molecule has 1 aromatic heterocycles. The van der Waals surface area contributed by atoms with Crippen molar-refractivity contribution in [2.45, 2.75) is 13.0 Å². The Morgan fingerprint density at radius 1 is 1.14 bits per heavy atom. The Bertz CT molecular complexity index is 617. The molecule has 1 atom stereocenters. The summed E-state index contributed by atoms with van der Waals surface area (Å²) in [6.07, 6.45) is 0. The molecule has 1 aromatic carbocycles. The fraction of sp³-hybridized carbons (Fsp3) is 0.308. The van der Waals surface area contributed by atoms with Crippen molar-refractivity contribution in [1.82, 2.24) is 15.0 Å². The fourth-order valence-electron chi connectivity index (χ4n) is 1.79. The van der Waals surface area contributed by atoms with E-state index in [-0.39, 0.29) is 6.04 Å². The lowest BCUT2D eigenvalue weighted by atomic mass is 10.1. The number of hydrogen-bond acceptors (Lipinski definition) is 7. The van der Waals surface area contributed by atoms with Crippen LogP contribution in [-0.2, 0) is 0 Å². The van der Waals surface area contributed by atoms with Gasteiger partial charge in [-0.15, -0.1) is 0 Å². The average molecular weight is 308 g/mol. The van der Waals surface area contributed by atoms with Crippen LogP contribution in [0.3, 0.4) is 0 Å². The van der Waals surface area contributed by atoms with Crippen LogP contribution >= 0.6 is 11.6 Å². The molecule has 0 fully saturated rings. The van der Waals surface area contributed by atoms with Gasteiger partial charge in [0.25, 0.3) is 0 Å². The third kappa shape index (κ3) is 3.71. The van der Waals surface area contributed by atoms with Gasteiger partial charge < -0.3 is 10.2 Å². The van der Waals surface area contributed by atoms with Crippen LogP contribution in [0.25, 0.3) is 0 Å². The summed E-state index contributed by atoms with van der Waals surface area (Å²) < 4.78 is 0. The van der Waals surface area contributed by atoms with Crippen LogP contribution in [-0.4, -0.2) is 29.0 Å². The number of benzene rings is 1. The molecule has 0 aliphatic carbocycles. The van der Waals surface area contributed by atoms with Gasteiger partial charge in [-0.2, -0.15) is 15.0 Å². The number of nitrogen functional groups attached to an aromatic ring is 1. The predicted octanol–water partition coefficient (Wildman–Crippen LogP) is 2.05. The molecule has 0 aliphatic rings. The second-order valence-electron chi connectivity index (χ2n) is 4.71. The van der Waals surface area contributed by atoms with E-state index in [4.69, 9.17) is 17.4 Å². The van der Waals surface area contributed by atoms with Gasteiger partial charge in [0.2, 0.25) is 17.8 Å². The highest BCUT2D eigenvalue weighted by atomic mass is 35.5. The number of nitrogens with one attached hydrogen (secondary N) is 2. The molecule has 0 amide bonds. The molecule has 21 heavy (non-hydrogen) atoms. The first-order valence-electron chi connectivity index (χ1n) is 6.42. The van der Waals surface area contributed by atoms with Gasteiger partial charge in [-0.1, -0.05) is 29.8 Å². The lowest BCUT2D eigenvalue weighted by Crippen LogP contribution is -2.19. The number of nitrogens with two attached hydrogens (primary N) is 1. The summed E-state index contributed by atoms with van der Waals surface area (Å²) in [6, 6.07) is 7.57. The molecule has 0 aliphatic heterocycles. The molecule has 2 rings (SSSR count). The zero-order valence-corrected chi connectivity index (χ0v) is 12.9. The maximum absolute atomic E-state index is 6.19. The summed E-state index contributed by atoms with van der Waals surface area (Å²) in [5.41, 5.74) is 3.40. The van der Waals surface area contributed by atoms with Gasteiger partial charge in [0.1, 0.15) is 0 Å². The smallest absolute Gasteiger partial charge is 0.243 e. The van der Waals surface area contributed by atoms with Crippen LogP contribution in [0, 0.1) is 0 Å². The van der Waals surface area contributed by atoms with Crippen LogP contribution in [0.2, 0.25) is 5.02 Å². The van der Waals surface area contributed by atoms with Crippen molar-refractivity contribution in [3.8, 4) is 0 Å². The second-order valence-corrected chi connectivity index (χ2v) is 5.12. The molecule has 8 heteroatoms. The normalized spacial score (nSPS) is 11.9. The molecular formula is C13H18ClN7. The monoisotopic (exact) mass is 307 g/mol. The molecule has 7 nitrogen and oxygen atoms in total. The van der Waals surface area contributed by atoms with Crippen LogP contribution in [0.4, 0.5) is 17.8 Å². The van der Waals surface area contributed by atoms with Crippen LogP contribution in [0.5, 0.6) is 0 Å². The van der Waals surface area contributed by atoms with Gasteiger partial charge in [0.15, 0.2) is 0 Å². The van der Waals surface area contributed by atoms with Gasteiger partial charge in [-0.05, 0) is 18.6 Å². The van der Waals surface area contributed by atoms with E-state index in [1.165, 1.54) is 0 Å². The minimum absolute atomic E-state index is 0.0539. The number of nitrogens with zero attached hydrogens (tertiary/aromatic N) is 4. The molecular weight excluding hydrogens is 290 g/mol. The lowest BCUT2D eigenvalue weighted by Gasteiger charge is -2.17. The third-order valence-corrected chi connectivity index (χ3v) is 3.21. The van der Waals surface area contributed by atoms with Crippen molar-refractivity contribution in [3.05, 3.63) is 34.9 Å². The summed E-state index contributed by atoms with van der Waals surface area (Å²) >= 11 is 6.19. The van der Waals surface area contributed by atoms with Gasteiger partial charge in [0, 0.05) is 19.1 Å². The molecule has 0 saturated heterocycles. The standard InChI is InChI=1S/C13H18ClN7/c1-8(9-6-4-5-7-10(9)14)16-11-17-12(20-15)19-13(18-11)21(2)3/h4-8H,15H2,1-3H3,(H2,16,17,18,19,20). The first-order valence-corrected chi connectivity index (χ1v) is 6.80. The van der Waals surface area contributed by atoms with Crippen molar-refractivity contribution in [2.24, 2.45) is 5.84 Å². The summed E-state index contributed by atoms with van der Waals surface area (Å²) in [6.45, 7) is 1.98. The Morgan fingerprint density at radius 3 is 2.43 bits per heavy atom. The SMILES string of the molecule is CC(Nc1nc(NN)nc(N(C)C)n1)c1ccccc1Cl. The number of rotatable bonds is 5. The minimum atomic E-state index is -0.0539. The molecule has 4 N–H and O–H groups in total. The van der Waals surface area contributed by atoms with E-state index in [2.05, 4.69) is 25.7 Å². The van der Waals surface area contributed by atoms with Crippen LogP contribution < -0.4 is 21.5 Å². The highest BCUT2D eigenvalue weighted by Gasteiger charge is 2.13. The van der Waals surface area contributed by atoms with E-state index in [9.17, 15) is 0 Å². The summed E-state index contributed by atoms with van der Waals surface area (Å²) in [4.78, 5) is 14.4. The zero-order chi connectivity index (χ0) is 15.4. The van der Waals surface area contributed by atoms with E-state index in [0.717, 1.165) is 5.56 Å². The third-order valence-electron chi connectivity index (χ3n) is 2.87. The fourth-order valence-corrected chi connectivity index (χ4v) is 2.09. The highest BCUT2D eigenvalue weighted by molar-refractivity contribution is 6.31. The quantitative estimate of drug-likeness (QED) is 0.575. The van der Waals surface area contributed by atoms with Gasteiger partial charge >= 0.3 is 0 Å². The van der Waals surface area contributed by atoms with Crippen molar-refractivity contribution >= 4 is 29.4 Å². The number of hydrogen-bond donors (Lipinski definition) is 3. The number of hydrazine groups is 1. The molecule has 112 valence electrons. The van der Waals surface area contributed by atoms with Gasteiger partial charge in [-0.3, -0.25) is 5.43 Å². The Labute approximate surface area is 128 Å². The molecule has 1 unspecified atom stereocenters. The van der Waals surface area contributed by atoms with Crippen molar-refractivity contribution in [3.63, 3.8) is 0 Å². The Balaban J connectivity index is 2.26. The molecule has 2 aromatic rings. The van der Waals surface area contributed by atoms with Gasteiger partial charge in [0.05, 0.1) is 6.04 Å². The zero-order valence-electron chi connectivity index (χ0n) is 12.1. The molecule has 0 bridgehead atoms. The topological polar surface area (TPSA) is 92.0 Å². The summed E-state index contributed by atoms with van der Waals surface area (Å²) in [5.74, 6) is 6.61. The molecule has 0 radical (unpaired) electrons.